The van der Waals surface area contributed by atoms with E-state index in [4.69, 9.17) is 5.11 Å². The molecule has 3 nitrogen and oxygen atoms in total. The van der Waals surface area contributed by atoms with Crippen LogP contribution in [0.1, 0.15) is 21.5 Å². The second kappa shape index (κ2) is 5.47. The first-order chi connectivity index (χ1) is 9.27. The van der Waals surface area contributed by atoms with Crippen LogP contribution in [0.5, 0.6) is 0 Å². The largest absolute Gasteiger partial charge is 0.478 e. The lowest BCUT2D eigenvalue weighted by Gasteiger charge is -2.05. The highest BCUT2D eigenvalue weighted by Crippen LogP contribution is 2.32. The Morgan fingerprint density at radius 3 is 2.25 bits per heavy atom. The van der Waals surface area contributed by atoms with Crippen molar-refractivity contribution in [2.24, 2.45) is 0 Å². The number of carboxylic acid groups (broad SMARTS) is 1. The summed E-state index contributed by atoms with van der Waals surface area (Å²) in [4.78, 5) is 10.9. The lowest BCUT2D eigenvalue weighted by Crippen LogP contribution is -2.09. The van der Waals surface area contributed by atoms with E-state index in [1.54, 1.807) is 12.1 Å². The average molecular weight is 395 g/mol. The second-order valence-electron chi connectivity index (χ2n) is 4.19. The third kappa shape index (κ3) is 3.33. The molecule has 7 heteroatoms. The number of carboxylic acids is 1. The summed E-state index contributed by atoms with van der Waals surface area (Å²) in [5, 5.41) is 8.83. The molecule has 0 saturated heterocycles. The lowest BCUT2D eigenvalue weighted by molar-refractivity contribution is -0.138. The summed E-state index contributed by atoms with van der Waals surface area (Å²) in [6.45, 7) is 0.188. The molecule has 0 aliphatic heterocycles. The van der Waals surface area contributed by atoms with Gasteiger partial charge in [-0.2, -0.15) is 13.2 Å². The smallest absolute Gasteiger partial charge is 0.418 e. The van der Waals surface area contributed by atoms with Crippen LogP contribution in [-0.4, -0.2) is 15.6 Å². The number of aromatic nitrogens is 1. The van der Waals surface area contributed by atoms with Gasteiger partial charge in [0, 0.05) is 22.5 Å². The molecule has 0 unspecified atom stereocenters. The van der Waals surface area contributed by atoms with Gasteiger partial charge in [0.25, 0.3) is 0 Å². The number of carbonyl (C=O) groups is 1. The highest BCUT2D eigenvalue weighted by Gasteiger charge is 2.36. The van der Waals surface area contributed by atoms with Gasteiger partial charge in [-0.3, -0.25) is 0 Å². The predicted octanol–water partition coefficient (Wildman–Crippen LogP) is 3.86. The van der Waals surface area contributed by atoms with Crippen LogP contribution in [0.2, 0.25) is 0 Å². The summed E-state index contributed by atoms with van der Waals surface area (Å²) in [5.41, 5.74) is -1.07. The highest BCUT2D eigenvalue weighted by molar-refractivity contribution is 14.1. The van der Waals surface area contributed by atoms with Crippen LogP contribution in [0.3, 0.4) is 0 Å². The monoisotopic (exact) mass is 395 g/mol. The SMILES string of the molecule is O=C(O)c1cn(Cc2ccc(I)cc2)cc1C(F)(F)F. The van der Waals surface area contributed by atoms with Gasteiger partial charge in [-0.25, -0.2) is 4.79 Å². The number of hydrogen-bond donors (Lipinski definition) is 1. The van der Waals surface area contributed by atoms with Gasteiger partial charge in [-0.05, 0) is 40.3 Å². The quantitative estimate of drug-likeness (QED) is 0.803. The summed E-state index contributed by atoms with van der Waals surface area (Å²) in [7, 11) is 0. The molecule has 1 aromatic heterocycles. The van der Waals surface area contributed by atoms with Crippen molar-refractivity contribution < 1.29 is 23.1 Å². The second-order valence-corrected chi connectivity index (χ2v) is 5.43. The predicted molar refractivity (Wildman–Crippen MR) is 74.7 cm³/mol. The molecule has 20 heavy (non-hydrogen) atoms. The van der Waals surface area contributed by atoms with Crippen molar-refractivity contribution in [3.63, 3.8) is 0 Å². The Bertz CT molecular complexity index is 632. The zero-order valence-corrected chi connectivity index (χ0v) is 12.1. The molecular formula is C13H9F3INO2. The van der Waals surface area contributed by atoms with Crippen molar-refractivity contribution in [3.05, 3.63) is 56.9 Å². The molecule has 0 spiro atoms. The van der Waals surface area contributed by atoms with Crippen molar-refractivity contribution >= 4 is 28.6 Å². The molecule has 1 heterocycles. The first kappa shape index (κ1) is 14.9. The summed E-state index contributed by atoms with van der Waals surface area (Å²) in [5.74, 6) is -1.58. The maximum absolute atomic E-state index is 12.7. The Kier molecular flexibility index (Phi) is 4.07. The van der Waals surface area contributed by atoms with Crippen molar-refractivity contribution in [2.45, 2.75) is 12.7 Å². The number of hydrogen-bond acceptors (Lipinski definition) is 1. The number of alkyl halides is 3. The molecule has 0 aliphatic rings. The van der Waals surface area contributed by atoms with Gasteiger partial charge >= 0.3 is 12.1 Å². The number of rotatable bonds is 3. The molecule has 1 aromatic carbocycles. The minimum atomic E-state index is -4.68. The first-order valence-corrected chi connectivity index (χ1v) is 6.60. The fraction of sp³-hybridized carbons (Fsp3) is 0.154. The van der Waals surface area contributed by atoms with E-state index in [0.29, 0.717) is 0 Å². The minimum absolute atomic E-state index is 0.188. The van der Waals surface area contributed by atoms with Gasteiger partial charge in [0.2, 0.25) is 0 Å². The van der Waals surface area contributed by atoms with E-state index in [2.05, 4.69) is 22.6 Å². The third-order valence-electron chi connectivity index (χ3n) is 2.69. The van der Waals surface area contributed by atoms with Gasteiger partial charge in [0.1, 0.15) is 0 Å². The van der Waals surface area contributed by atoms with E-state index < -0.39 is 23.3 Å². The van der Waals surface area contributed by atoms with Crippen LogP contribution in [0, 0.1) is 3.57 Å². The van der Waals surface area contributed by atoms with E-state index in [1.165, 1.54) is 4.57 Å². The standard InChI is InChI=1S/C13H9F3INO2/c14-13(15,16)11-7-18(6-10(11)12(19)20)5-8-1-3-9(17)4-2-8/h1-4,6-7H,5H2,(H,19,20). The molecule has 0 radical (unpaired) electrons. The van der Waals surface area contributed by atoms with E-state index in [1.807, 2.05) is 12.1 Å². The average Bonchev–Trinajstić information content (AvgIpc) is 2.76. The molecule has 2 aromatic rings. The molecule has 2 rings (SSSR count). The highest BCUT2D eigenvalue weighted by atomic mass is 127. The topological polar surface area (TPSA) is 42.2 Å². The molecule has 1 N–H and O–H groups in total. The van der Waals surface area contributed by atoms with E-state index in [0.717, 1.165) is 21.5 Å². The van der Waals surface area contributed by atoms with Gasteiger partial charge in [0.15, 0.2) is 0 Å². The Labute approximate surface area is 126 Å². The van der Waals surface area contributed by atoms with Crippen molar-refractivity contribution in [1.29, 1.82) is 0 Å². The molecule has 0 saturated carbocycles. The van der Waals surface area contributed by atoms with Gasteiger partial charge in [-0.15, -0.1) is 0 Å². The summed E-state index contributed by atoms with van der Waals surface area (Å²) in [6.07, 6.45) is -2.85. The molecular weight excluding hydrogens is 386 g/mol. The summed E-state index contributed by atoms with van der Waals surface area (Å²) < 4.78 is 40.5. The van der Waals surface area contributed by atoms with E-state index in [-0.39, 0.29) is 6.54 Å². The molecule has 0 aliphatic carbocycles. The fourth-order valence-corrected chi connectivity index (χ4v) is 2.16. The first-order valence-electron chi connectivity index (χ1n) is 5.52. The van der Waals surface area contributed by atoms with Crippen molar-refractivity contribution in [2.75, 3.05) is 0 Å². The fourth-order valence-electron chi connectivity index (χ4n) is 1.80. The number of aromatic carboxylic acids is 1. The van der Waals surface area contributed by atoms with E-state index >= 15 is 0 Å². The Morgan fingerprint density at radius 2 is 1.80 bits per heavy atom. The molecule has 106 valence electrons. The maximum Gasteiger partial charge on any atom is 0.418 e. The van der Waals surface area contributed by atoms with Crippen LogP contribution in [0.4, 0.5) is 13.2 Å². The van der Waals surface area contributed by atoms with Gasteiger partial charge < -0.3 is 9.67 Å². The Morgan fingerprint density at radius 1 is 1.20 bits per heavy atom. The van der Waals surface area contributed by atoms with Gasteiger partial charge in [0.05, 0.1) is 11.1 Å². The normalized spacial score (nSPS) is 11.6. The maximum atomic E-state index is 12.7. The van der Waals surface area contributed by atoms with Crippen molar-refractivity contribution in [1.82, 2.24) is 4.57 Å². The molecule has 0 amide bonds. The number of nitrogens with zero attached hydrogens (tertiary/aromatic N) is 1. The van der Waals surface area contributed by atoms with Crippen LogP contribution in [0.15, 0.2) is 36.7 Å². The minimum Gasteiger partial charge on any atom is -0.478 e. The molecule has 0 fully saturated rings. The van der Waals surface area contributed by atoms with Crippen LogP contribution < -0.4 is 0 Å². The summed E-state index contributed by atoms with van der Waals surface area (Å²) in [6, 6.07) is 7.25. The number of benzene rings is 1. The lowest BCUT2D eigenvalue weighted by atomic mass is 10.2. The zero-order chi connectivity index (χ0) is 14.9. The molecule has 0 bridgehead atoms. The number of halogens is 4. The molecule has 0 atom stereocenters. The van der Waals surface area contributed by atoms with Crippen LogP contribution in [-0.2, 0) is 12.7 Å². The van der Waals surface area contributed by atoms with Gasteiger partial charge in [-0.1, -0.05) is 12.1 Å². The van der Waals surface area contributed by atoms with Crippen LogP contribution in [0.25, 0.3) is 0 Å². The Balaban J connectivity index is 2.34. The zero-order valence-electron chi connectivity index (χ0n) is 9.99. The third-order valence-corrected chi connectivity index (χ3v) is 3.41. The van der Waals surface area contributed by atoms with Crippen LogP contribution >= 0.6 is 22.6 Å². The van der Waals surface area contributed by atoms with E-state index in [9.17, 15) is 18.0 Å². The van der Waals surface area contributed by atoms with Crippen molar-refractivity contribution in [3.8, 4) is 0 Å². The summed E-state index contributed by atoms with van der Waals surface area (Å²) >= 11 is 2.12. The Hall–Kier alpha value is -1.51.